The predicted molar refractivity (Wildman–Crippen MR) is 48.7 cm³/mol. The Balaban J connectivity index is 2.83. The minimum Gasteiger partial charge on any atom is -0.392 e. The molecule has 4 atom stereocenters. The van der Waals surface area contributed by atoms with Crippen molar-refractivity contribution < 1.29 is 10.2 Å². The lowest BCUT2D eigenvalue weighted by Gasteiger charge is -2.32. The summed E-state index contributed by atoms with van der Waals surface area (Å²) in [5, 5.41) is 19.7. The molecule has 0 fully saturated rings. The molecule has 0 aliphatic heterocycles. The highest BCUT2D eigenvalue weighted by Crippen LogP contribution is 2.31. The van der Waals surface area contributed by atoms with Gasteiger partial charge in [0.25, 0.3) is 0 Å². The largest absolute Gasteiger partial charge is 0.392 e. The van der Waals surface area contributed by atoms with Crippen molar-refractivity contribution >= 4 is 0 Å². The van der Waals surface area contributed by atoms with Gasteiger partial charge in [-0.1, -0.05) is 26.0 Å². The number of aliphatic hydroxyl groups is 2. The Labute approximate surface area is 73.9 Å². The van der Waals surface area contributed by atoms with Crippen LogP contribution in [0.1, 0.15) is 27.2 Å². The van der Waals surface area contributed by atoms with E-state index in [2.05, 4.69) is 0 Å². The first-order chi connectivity index (χ1) is 5.45. The SMILES string of the molecule is C[C@H]1C=CC[C@](C)(O)[C@@H](C)[C@H]1O. The lowest BCUT2D eigenvalue weighted by atomic mass is 9.82. The summed E-state index contributed by atoms with van der Waals surface area (Å²) < 4.78 is 0. The standard InChI is InChI=1S/C10H18O2/c1-7-5-4-6-10(3,12)8(2)9(7)11/h4-5,7-9,11-12H,6H2,1-3H3/t7-,8-,9-,10-/m0/s1. The molecule has 0 aromatic heterocycles. The van der Waals surface area contributed by atoms with Gasteiger partial charge in [-0.3, -0.25) is 0 Å². The normalized spacial score (nSPS) is 48.9. The molecule has 1 aliphatic rings. The van der Waals surface area contributed by atoms with Gasteiger partial charge in [-0.2, -0.15) is 0 Å². The van der Waals surface area contributed by atoms with E-state index in [0.717, 1.165) is 0 Å². The fraction of sp³-hybridized carbons (Fsp3) is 0.800. The van der Waals surface area contributed by atoms with Crippen molar-refractivity contribution in [2.75, 3.05) is 0 Å². The predicted octanol–water partition coefficient (Wildman–Crippen LogP) is 1.33. The van der Waals surface area contributed by atoms with Gasteiger partial charge in [-0.25, -0.2) is 0 Å². The molecule has 0 aromatic rings. The van der Waals surface area contributed by atoms with Crippen LogP contribution >= 0.6 is 0 Å². The highest BCUT2D eigenvalue weighted by Gasteiger charge is 2.36. The molecule has 0 radical (unpaired) electrons. The fourth-order valence-electron chi connectivity index (χ4n) is 1.64. The van der Waals surface area contributed by atoms with Crippen molar-refractivity contribution in [3.63, 3.8) is 0 Å². The molecule has 70 valence electrons. The summed E-state index contributed by atoms with van der Waals surface area (Å²) in [4.78, 5) is 0. The van der Waals surface area contributed by atoms with E-state index in [-0.39, 0.29) is 11.8 Å². The molecule has 0 saturated heterocycles. The van der Waals surface area contributed by atoms with Crippen LogP contribution in [0.25, 0.3) is 0 Å². The minimum atomic E-state index is -0.763. The maximum atomic E-state index is 9.90. The quantitative estimate of drug-likeness (QED) is 0.538. The Bertz CT molecular complexity index is 184. The highest BCUT2D eigenvalue weighted by atomic mass is 16.3. The van der Waals surface area contributed by atoms with Crippen LogP contribution in [-0.4, -0.2) is 21.9 Å². The van der Waals surface area contributed by atoms with E-state index in [9.17, 15) is 10.2 Å². The van der Waals surface area contributed by atoms with Crippen LogP contribution in [0.2, 0.25) is 0 Å². The van der Waals surface area contributed by atoms with E-state index < -0.39 is 11.7 Å². The van der Waals surface area contributed by atoms with Gasteiger partial charge in [0.1, 0.15) is 0 Å². The van der Waals surface area contributed by atoms with E-state index in [4.69, 9.17) is 0 Å². The average molecular weight is 170 g/mol. The zero-order valence-corrected chi connectivity index (χ0v) is 7.99. The van der Waals surface area contributed by atoms with E-state index in [0.29, 0.717) is 6.42 Å². The average Bonchev–Trinajstić information content (AvgIpc) is 2.06. The zero-order valence-electron chi connectivity index (χ0n) is 7.99. The Morgan fingerprint density at radius 3 is 2.58 bits per heavy atom. The van der Waals surface area contributed by atoms with E-state index in [1.54, 1.807) is 6.92 Å². The topological polar surface area (TPSA) is 40.5 Å². The Morgan fingerprint density at radius 1 is 1.42 bits per heavy atom. The third-order valence-corrected chi connectivity index (χ3v) is 3.00. The van der Waals surface area contributed by atoms with E-state index in [1.807, 2.05) is 26.0 Å². The first-order valence-corrected chi connectivity index (χ1v) is 4.52. The Morgan fingerprint density at radius 2 is 2.00 bits per heavy atom. The molecule has 2 N–H and O–H groups in total. The van der Waals surface area contributed by atoms with Crippen LogP contribution in [0.4, 0.5) is 0 Å². The van der Waals surface area contributed by atoms with Gasteiger partial charge in [-0.05, 0) is 13.3 Å². The maximum absolute atomic E-state index is 9.90. The number of rotatable bonds is 0. The van der Waals surface area contributed by atoms with Gasteiger partial charge in [0.2, 0.25) is 0 Å². The molecule has 2 heteroatoms. The summed E-state index contributed by atoms with van der Waals surface area (Å²) >= 11 is 0. The van der Waals surface area contributed by atoms with Gasteiger partial charge in [0, 0.05) is 11.8 Å². The third kappa shape index (κ3) is 1.70. The molecule has 0 aromatic carbocycles. The summed E-state index contributed by atoms with van der Waals surface area (Å²) in [7, 11) is 0. The van der Waals surface area contributed by atoms with Gasteiger partial charge >= 0.3 is 0 Å². The summed E-state index contributed by atoms with van der Waals surface area (Å²) in [6.45, 7) is 5.65. The molecule has 2 nitrogen and oxygen atoms in total. The molecule has 0 saturated carbocycles. The van der Waals surface area contributed by atoms with Crippen LogP contribution in [-0.2, 0) is 0 Å². The summed E-state index contributed by atoms with van der Waals surface area (Å²) in [6, 6.07) is 0. The van der Waals surface area contributed by atoms with E-state index in [1.165, 1.54) is 0 Å². The van der Waals surface area contributed by atoms with Crippen LogP contribution in [0.5, 0.6) is 0 Å². The second-order valence-corrected chi connectivity index (χ2v) is 4.13. The molecule has 1 rings (SSSR count). The Kier molecular flexibility index (Phi) is 2.59. The second kappa shape index (κ2) is 3.19. The minimum absolute atomic E-state index is 0.0671. The van der Waals surface area contributed by atoms with Crippen molar-refractivity contribution in [2.24, 2.45) is 11.8 Å². The van der Waals surface area contributed by atoms with E-state index >= 15 is 0 Å². The molecular weight excluding hydrogens is 152 g/mol. The highest BCUT2D eigenvalue weighted by molar-refractivity contribution is 5.02. The summed E-state index contributed by atoms with van der Waals surface area (Å²) in [5.41, 5.74) is -0.763. The van der Waals surface area contributed by atoms with Gasteiger partial charge < -0.3 is 10.2 Å². The van der Waals surface area contributed by atoms with Crippen LogP contribution in [0.3, 0.4) is 0 Å². The molecule has 0 amide bonds. The molecule has 1 aliphatic carbocycles. The zero-order chi connectivity index (χ0) is 9.35. The van der Waals surface area contributed by atoms with Gasteiger partial charge in [0.05, 0.1) is 11.7 Å². The van der Waals surface area contributed by atoms with Crippen molar-refractivity contribution in [2.45, 2.75) is 38.9 Å². The first kappa shape index (κ1) is 9.75. The molecular formula is C10H18O2. The Hall–Kier alpha value is -0.340. The number of aliphatic hydroxyl groups excluding tert-OH is 1. The maximum Gasteiger partial charge on any atom is 0.0704 e. The van der Waals surface area contributed by atoms with Crippen molar-refractivity contribution in [3.05, 3.63) is 12.2 Å². The van der Waals surface area contributed by atoms with Crippen LogP contribution in [0.15, 0.2) is 12.2 Å². The van der Waals surface area contributed by atoms with Crippen molar-refractivity contribution in [3.8, 4) is 0 Å². The first-order valence-electron chi connectivity index (χ1n) is 4.52. The molecule has 0 spiro atoms. The molecule has 0 heterocycles. The third-order valence-electron chi connectivity index (χ3n) is 3.00. The lowest BCUT2D eigenvalue weighted by Crippen LogP contribution is -2.40. The van der Waals surface area contributed by atoms with Gasteiger partial charge in [0.15, 0.2) is 0 Å². The molecule has 12 heavy (non-hydrogen) atoms. The van der Waals surface area contributed by atoms with Gasteiger partial charge in [-0.15, -0.1) is 0 Å². The number of hydrogen-bond donors (Lipinski definition) is 2. The molecule has 0 unspecified atom stereocenters. The van der Waals surface area contributed by atoms with Crippen molar-refractivity contribution in [1.82, 2.24) is 0 Å². The van der Waals surface area contributed by atoms with Crippen LogP contribution < -0.4 is 0 Å². The number of hydrogen-bond acceptors (Lipinski definition) is 2. The lowest BCUT2D eigenvalue weighted by molar-refractivity contribution is -0.0552. The smallest absolute Gasteiger partial charge is 0.0704 e. The second-order valence-electron chi connectivity index (χ2n) is 4.13. The fourth-order valence-corrected chi connectivity index (χ4v) is 1.64. The molecule has 0 bridgehead atoms. The van der Waals surface area contributed by atoms with Crippen LogP contribution in [0, 0.1) is 11.8 Å². The summed E-state index contributed by atoms with van der Waals surface area (Å²) in [6.07, 6.45) is 4.13. The van der Waals surface area contributed by atoms with Crippen molar-refractivity contribution in [1.29, 1.82) is 0 Å². The summed E-state index contributed by atoms with van der Waals surface area (Å²) in [5.74, 6) is 0.0801. The monoisotopic (exact) mass is 170 g/mol.